The molecule has 8 heteroatoms. The van der Waals surface area contributed by atoms with Crippen molar-refractivity contribution in [2.75, 3.05) is 18.9 Å². The number of carbonyl (C=O) groups is 3. The Hall–Kier alpha value is -3.26. The standard InChI is InChI=1S/C24H28N4O4/c1-24(21(29)17-6-2-3-7-18(17)25)19(22(30)27-13-15-8-10-26-11-9-15)20(24)23(31)28-16-5-4-12-32-14-16/h2-3,6-11,16,19-20H,4-5,12-14,25H2,1H3,(H,27,30)(H,28,31)/t16-,19-,20+,24+/m0/s1. The van der Waals surface area contributed by atoms with Crippen LogP contribution < -0.4 is 16.4 Å². The SMILES string of the molecule is C[C@@]1(C(=O)c2ccccc2N)[C@H](C(=O)NCc2ccncc2)[C@@H]1C(=O)N[C@H]1CCCOC1. The topological polar surface area (TPSA) is 123 Å². The van der Waals surface area contributed by atoms with Gasteiger partial charge in [0.1, 0.15) is 0 Å². The van der Waals surface area contributed by atoms with Gasteiger partial charge in [0, 0.05) is 36.8 Å². The van der Waals surface area contributed by atoms with Crippen LogP contribution in [0, 0.1) is 17.3 Å². The minimum absolute atomic E-state index is 0.112. The Morgan fingerprint density at radius 2 is 1.84 bits per heavy atom. The molecule has 0 spiro atoms. The number of ketones is 1. The molecule has 32 heavy (non-hydrogen) atoms. The van der Waals surface area contributed by atoms with Crippen LogP contribution in [0.1, 0.15) is 35.7 Å². The highest BCUT2D eigenvalue weighted by molar-refractivity contribution is 6.14. The number of benzene rings is 1. The van der Waals surface area contributed by atoms with Crippen LogP contribution in [0.15, 0.2) is 48.8 Å². The number of ether oxygens (including phenoxy) is 1. The Labute approximate surface area is 186 Å². The zero-order chi connectivity index (χ0) is 22.7. The highest BCUT2D eigenvalue weighted by Crippen LogP contribution is 2.60. The summed E-state index contributed by atoms with van der Waals surface area (Å²) in [5.74, 6) is -2.46. The molecular weight excluding hydrogens is 408 g/mol. The number of Topliss-reactive ketones (excluding diaryl/α,β-unsaturated/α-hetero) is 1. The average Bonchev–Trinajstić information content (AvgIpc) is 3.46. The van der Waals surface area contributed by atoms with Gasteiger partial charge in [0.15, 0.2) is 5.78 Å². The lowest BCUT2D eigenvalue weighted by atomic mass is 9.91. The van der Waals surface area contributed by atoms with Crippen molar-refractivity contribution in [3.8, 4) is 0 Å². The Morgan fingerprint density at radius 1 is 1.12 bits per heavy atom. The smallest absolute Gasteiger partial charge is 0.225 e. The van der Waals surface area contributed by atoms with E-state index in [0.29, 0.717) is 31.0 Å². The van der Waals surface area contributed by atoms with Crippen molar-refractivity contribution >= 4 is 23.3 Å². The van der Waals surface area contributed by atoms with Crippen molar-refractivity contribution < 1.29 is 19.1 Å². The van der Waals surface area contributed by atoms with Crippen LogP contribution in [0.5, 0.6) is 0 Å². The summed E-state index contributed by atoms with van der Waals surface area (Å²) in [6.45, 7) is 3.09. The highest BCUT2D eigenvalue weighted by atomic mass is 16.5. The predicted molar refractivity (Wildman–Crippen MR) is 118 cm³/mol. The van der Waals surface area contributed by atoms with E-state index in [0.717, 1.165) is 18.4 Å². The number of anilines is 1. The van der Waals surface area contributed by atoms with E-state index in [9.17, 15) is 14.4 Å². The van der Waals surface area contributed by atoms with Crippen molar-refractivity contribution in [2.45, 2.75) is 32.4 Å². The second-order valence-electron chi connectivity index (χ2n) is 8.65. The first kappa shape index (κ1) is 22.0. The fourth-order valence-electron chi connectivity index (χ4n) is 4.58. The van der Waals surface area contributed by atoms with Gasteiger partial charge in [-0.3, -0.25) is 19.4 Å². The number of hydrogen-bond donors (Lipinski definition) is 3. The molecule has 0 radical (unpaired) electrons. The van der Waals surface area contributed by atoms with Crippen LogP contribution in [0.4, 0.5) is 5.69 Å². The van der Waals surface area contributed by atoms with Crippen LogP contribution in [0.25, 0.3) is 0 Å². The van der Waals surface area contributed by atoms with E-state index in [4.69, 9.17) is 10.5 Å². The van der Waals surface area contributed by atoms with Crippen LogP contribution >= 0.6 is 0 Å². The fourth-order valence-corrected chi connectivity index (χ4v) is 4.58. The lowest BCUT2D eigenvalue weighted by molar-refractivity contribution is -0.128. The molecule has 1 aliphatic heterocycles. The number of nitrogens with zero attached hydrogens (tertiary/aromatic N) is 1. The lowest BCUT2D eigenvalue weighted by Crippen LogP contribution is -2.42. The molecular formula is C24H28N4O4. The van der Waals surface area contributed by atoms with Gasteiger partial charge < -0.3 is 21.1 Å². The molecule has 0 bridgehead atoms. The van der Waals surface area contributed by atoms with Crippen molar-refractivity contribution in [1.82, 2.24) is 15.6 Å². The zero-order valence-corrected chi connectivity index (χ0v) is 18.0. The van der Waals surface area contributed by atoms with E-state index in [2.05, 4.69) is 15.6 Å². The van der Waals surface area contributed by atoms with Gasteiger partial charge in [-0.05, 0) is 42.7 Å². The van der Waals surface area contributed by atoms with Crippen LogP contribution in [0.3, 0.4) is 0 Å². The zero-order valence-electron chi connectivity index (χ0n) is 18.0. The molecule has 1 saturated carbocycles. The largest absolute Gasteiger partial charge is 0.398 e. The average molecular weight is 437 g/mol. The van der Waals surface area contributed by atoms with Gasteiger partial charge in [-0.1, -0.05) is 19.1 Å². The quantitative estimate of drug-likeness (QED) is 0.448. The molecule has 168 valence electrons. The van der Waals surface area contributed by atoms with Gasteiger partial charge in [0.05, 0.1) is 29.9 Å². The van der Waals surface area contributed by atoms with Gasteiger partial charge >= 0.3 is 0 Å². The minimum atomic E-state index is -1.17. The van der Waals surface area contributed by atoms with E-state index in [1.807, 2.05) is 0 Å². The van der Waals surface area contributed by atoms with E-state index >= 15 is 0 Å². The van der Waals surface area contributed by atoms with Gasteiger partial charge in [0.25, 0.3) is 0 Å². The minimum Gasteiger partial charge on any atom is -0.398 e. The molecule has 0 unspecified atom stereocenters. The third-order valence-electron chi connectivity index (χ3n) is 6.50. The molecule has 2 amide bonds. The molecule has 1 aromatic heterocycles. The summed E-state index contributed by atoms with van der Waals surface area (Å²) in [7, 11) is 0. The Kier molecular flexibility index (Phi) is 6.23. The predicted octanol–water partition coefficient (Wildman–Crippen LogP) is 1.71. The monoisotopic (exact) mass is 436 g/mol. The number of hydrogen-bond acceptors (Lipinski definition) is 6. The third kappa shape index (κ3) is 4.23. The summed E-state index contributed by atoms with van der Waals surface area (Å²) < 4.78 is 5.45. The van der Waals surface area contributed by atoms with Gasteiger partial charge in [-0.25, -0.2) is 0 Å². The molecule has 1 saturated heterocycles. The van der Waals surface area contributed by atoms with Crippen molar-refractivity contribution in [3.05, 3.63) is 59.9 Å². The van der Waals surface area contributed by atoms with Crippen LogP contribution in [-0.2, 0) is 20.9 Å². The molecule has 4 N–H and O–H groups in total. The molecule has 1 aromatic carbocycles. The molecule has 1 aliphatic carbocycles. The van der Waals surface area contributed by atoms with Gasteiger partial charge in [-0.2, -0.15) is 0 Å². The maximum Gasteiger partial charge on any atom is 0.225 e. The number of nitrogens with one attached hydrogen (secondary N) is 2. The third-order valence-corrected chi connectivity index (χ3v) is 6.50. The summed E-state index contributed by atoms with van der Waals surface area (Å²) in [4.78, 5) is 43.7. The number of pyridine rings is 1. The first-order valence-electron chi connectivity index (χ1n) is 10.9. The number of amides is 2. The number of para-hydroxylation sites is 1. The second-order valence-corrected chi connectivity index (χ2v) is 8.65. The maximum atomic E-state index is 13.5. The first-order chi connectivity index (χ1) is 15.4. The first-order valence-corrected chi connectivity index (χ1v) is 10.9. The summed E-state index contributed by atoms with van der Waals surface area (Å²) in [5, 5.41) is 5.85. The Balaban J connectivity index is 1.54. The van der Waals surface area contributed by atoms with Gasteiger partial charge in [0.2, 0.25) is 11.8 Å². The second kappa shape index (κ2) is 9.08. The molecule has 8 nitrogen and oxygen atoms in total. The van der Waals surface area contributed by atoms with Crippen LogP contribution in [-0.4, -0.2) is 41.8 Å². The summed E-state index contributed by atoms with van der Waals surface area (Å²) in [5.41, 5.74) is 6.41. The molecule has 4 atom stereocenters. The fraction of sp³-hybridized carbons (Fsp3) is 0.417. The summed E-state index contributed by atoms with van der Waals surface area (Å²) in [6.07, 6.45) is 4.97. The molecule has 2 heterocycles. The summed E-state index contributed by atoms with van der Waals surface area (Å²) in [6, 6.07) is 10.2. The van der Waals surface area contributed by atoms with E-state index in [1.165, 1.54) is 0 Å². The van der Waals surface area contributed by atoms with Crippen LogP contribution in [0.2, 0.25) is 0 Å². The van der Waals surface area contributed by atoms with Crippen molar-refractivity contribution in [1.29, 1.82) is 0 Å². The van der Waals surface area contributed by atoms with Crippen molar-refractivity contribution in [2.24, 2.45) is 17.3 Å². The van der Waals surface area contributed by atoms with E-state index < -0.39 is 17.3 Å². The Bertz CT molecular complexity index is 1010. The highest BCUT2D eigenvalue weighted by Gasteiger charge is 2.72. The number of aromatic nitrogens is 1. The molecule has 4 rings (SSSR count). The number of carbonyl (C=O) groups excluding carboxylic acids is 3. The summed E-state index contributed by atoms with van der Waals surface area (Å²) >= 11 is 0. The molecule has 2 aliphatic rings. The lowest BCUT2D eigenvalue weighted by Gasteiger charge is -2.23. The van der Waals surface area contributed by atoms with E-state index in [1.54, 1.807) is 55.7 Å². The number of nitrogen functional groups attached to an aromatic ring is 1. The Morgan fingerprint density at radius 3 is 2.53 bits per heavy atom. The number of nitrogens with two attached hydrogens (primary N) is 1. The van der Waals surface area contributed by atoms with Gasteiger partial charge in [-0.15, -0.1) is 0 Å². The molecule has 2 aromatic rings. The normalized spacial score (nSPS) is 26.7. The van der Waals surface area contributed by atoms with Crippen molar-refractivity contribution in [3.63, 3.8) is 0 Å². The maximum absolute atomic E-state index is 13.5. The molecule has 2 fully saturated rings. The number of rotatable bonds is 7. The van der Waals surface area contributed by atoms with E-state index in [-0.39, 0.29) is 23.6 Å².